The van der Waals surface area contributed by atoms with E-state index in [9.17, 15) is 4.79 Å². The van der Waals surface area contributed by atoms with Crippen LogP contribution >= 0.6 is 0 Å². The van der Waals surface area contributed by atoms with Gasteiger partial charge in [0.1, 0.15) is 0 Å². The van der Waals surface area contributed by atoms with E-state index in [1.165, 1.54) is 7.11 Å². The van der Waals surface area contributed by atoms with Gasteiger partial charge in [-0.2, -0.15) is 0 Å². The molecule has 0 unspecified atom stereocenters. The van der Waals surface area contributed by atoms with E-state index in [1.54, 1.807) is 0 Å². The second-order valence-electron chi connectivity index (χ2n) is 4.10. The zero-order valence-corrected chi connectivity index (χ0v) is 10.3. The van der Waals surface area contributed by atoms with Crippen molar-refractivity contribution in [2.45, 2.75) is 27.2 Å². The third-order valence-electron chi connectivity index (χ3n) is 2.15. The highest BCUT2D eigenvalue weighted by Gasteiger charge is 2.27. The molecule has 0 aromatic heterocycles. The molecule has 0 aromatic carbocycles. The largest absolute Gasteiger partial charge is 0.469 e. The van der Waals surface area contributed by atoms with Crippen LogP contribution in [-0.4, -0.2) is 39.4 Å². The molecule has 0 heterocycles. The van der Waals surface area contributed by atoms with Crippen molar-refractivity contribution in [1.29, 1.82) is 0 Å². The fraction of sp³-hybridized carbons (Fsp3) is 0.909. The number of hydrogen-bond acceptors (Lipinski definition) is 4. The lowest BCUT2D eigenvalue weighted by Gasteiger charge is -2.21. The molecule has 0 aromatic rings. The maximum absolute atomic E-state index is 11.3. The Bertz CT molecular complexity index is 181. The van der Waals surface area contributed by atoms with Crippen molar-refractivity contribution in [3.05, 3.63) is 0 Å². The molecule has 0 spiro atoms. The van der Waals surface area contributed by atoms with Crippen LogP contribution in [-0.2, 0) is 14.3 Å². The van der Waals surface area contributed by atoms with E-state index in [1.807, 2.05) is 20.8 Å². The van der Waals surface area contributed by atoms with E-state index in [4.69, 9.17) is 9.47 Å². The fourth-order valence-electron chi connectivity index (χ4n) is 1.19. The quantitative estimate of drug-likeness (QED) is 0.490. The lowest BCUT2D eigenvalue weighted by molar-refractivity contribution is -0.150. The number of carbonyl (C=O) groups is 1. The Labute approximate surface area is 92.3 Å². The molecule has 0 aliphatic rings. The summed E-state index contributed by atoms with van der Waals surface area (Å²) in [7, 11) is 1.42. The summed E-state index contributed by atoms with van der Waals surface area (Å²) in [5.41, 5.74) is -0.458. The van der Waals surface area contributed by atoms with Crippen molar-refractivity contribution >= 4 is 5.97 Å². The molecule has 0 aliphatic carbocycles. The van der Waals surface area contributed by atoms with Crippen molar-refractivity contribution < 1.29 is 14.3 Å². The van der Waals surface area contributed by atoms with Crippen molar-refractivity contribution in [3.63, 3.8) is 0 Å². The maximum Gasteiger partial charge on any atom is 0.312 e. The van der Waals surface area contributed by atoms with Crippen LogP contribution < -0.4 is 5.32 Å². The third kappa shape index (κ3) is 6.47. The first-order valence-corrected chi connectivity index (χ1v) is 5.41. The molecule has 0 saturated carbocycles. The van der Waals surface area contributed by atoms with Gasteiger partial charge in [-0.3, -0.25) is 4.79 Å². The van der Waals surface area contributed by atoms with Gasteiger partial charge in [-0.1, -0.05) is 0 Å². The van der Waals surface area contributed by atoms with Crippen LogP contribution in [0.2, 0.25) is 0 Å². The van der Waals surface area contributed by atoms with Gasteiger partial charge in [-0.25, -0.2) is 0 Å². The number of esters is 1. The van der Waals surface area contributed by atoms with Crippen molar-refractivity contribution in [2.75, 3.05) is 33.4 Å². The molecule has 0 bridgehead atoms. The summed E-state index contributed by atoms with van der Waals surface area (Å²) in [5.74, 6) is -0.181. The lowest BCUT2D eigenvalue weighted by atomic mass is 9.94. The van der Waals surface area contributed by atoms with Gasteiger partial charge < -0.3 is 14.8 Å². The molecule has 0 saturated heterocycles. The monoisotopic (exact) mass is 217 g/mol. The van der Waals surface area contributed by atoms with Gasteiger partial charge in [0.15, 0.2) is 0 Å². The van der Waals surface area contributed by atoms with Crippen LogP contribution in [0, 0.1) is 5.41 Å². The summed E-state index contributed by atoms with van der Waals surface area (Å²) in [6.45, 7) is 8.73. The van der Waals surface area contributed by atoms with Gasteiger partial charge in [0.2, 0.25) is 0 Å². The van der Waals surface area contributed by atoms with Crippen LogP contribution in [0.4, 0.5) is 0 Å². The van der Waals surface area contributed by atoms with Crippen molar-refractivity contribution in [3.8, 4) is 0 Å². The Morgan fingerprint density at radius 2 is 2.07 bits per heavy atom. The molecule has 0 rings (SSSR count). The number of carbonyl (C=O) groups excluding carboxylic acids is 1. The molecular weight excluding hydrogens is 194 g/mol. The number of rotatable bonds is 8. The third-order valence-corrected chi connectivity index (χ3v) is 2.15. The standard InChI is InChI=1S/C11H23NO3/c1-5-15-8-6-7-12-9-11(2,3)10(13)14-4/h12H,5-9H2,1-4H3. The fourth-order valence-corrected chi connectivity index (χ4v) is 1.19. The molecule has 0 atom stereocenters. The van der Waals surface area contributed by atoms with E-state index in [0.29, 0.717) is 6.54 Å². The number of methoxy groups -OCH3 is 1. The first kappa shape index (κ1) is 14.4. The highest BCUT2D eigenvalue weighted by atomic mass is 16.5. The predicted octanol–water partition coefficient (Wildman–Crippen LogP) is 1.20. The number of nitrogens with one attached hydrogen (secondary N) is 1. The highest BCUT2D eigenvalue weighted by Crippen LogP contribution is 2.14. The Balaban J connectivity index is 3.53. The minimum Gasteiger partial charge on any atom is -0.469 e. The van der Waals surface area contributed by atoms with Gasteiger partial charge in [0, 0.05) is 19.8 Å². The summed E-state index contributed by atoms with van der Waals surface area (Å²) >= 11 is 0. The molecule has 0 fully saturated rings. The number of hydrogen-bond donors (Lipinski definition) is 1. The minimum atomic E-state index is -0.458. The predicted molar refractivity (Wildman–Crippen MR) is 59.8 cm³/mol. The summed E-state index contributed by atoms with van der Waals surface area (Å²) in [4.78, 5) is 11.3. The normalized spacial score (nSPS) is 11.5. The van der Waals surface area contributed by atoms with E-state index < -0.39 is 5.41 Å². The average Bonchev–Trinajstić information content (AvgIpc) is 2.22. The zero-order valence-electron chi connectivity index (χ0n) is 10.3. The molecule has 4 nitrogen and oxygen atoms in total. The molecule has 4 heteroatoms. The van der Waals surface area contributed by atoms with E-state index in [0.717, 1.165) is 26.2 Å². The Hall–Kier alpha value is -0.610. The molecule has 0 amide bonds. The molecule has 90 valence electrons. The van der Waals surface area contributed by atoms with Crippen LogP contribution in [0.1, 0.15) is 27.2 Å². The highest BCUT2D eigenvalue weighted by molar-refractivity contribution is 5.75. The maximum atomic E-state index is 11.3. The minimum absolute atomic E-state index is 0.181. The van der Waals surface area contributed by atoms with E-state index >= 15 is 0 Å². The van der Waals surface area contributed by atoms with Crippen LogP contribution in [0.3, 0.4) is 0 Å². The van der Waals surface area contributed by atoms with Gasteiger partial charge in [0.25, 0.3) is 0 Å². The molecule has 0 radical (unpaired) electrons. The van der Waals surface area contributed by atoms with Gasteiger partial charge in [-0.15, -0.1) is 0 Å². The molecule has 0 aliphatic heterocycles. The smallest absolute Gasteiger partial charge is 0.312 e. The van der Waals surface area contributed by atoms with Crippen LogP contribution in [0.15, 0.2) is 0 Å². The van der Waals surface area contributed by atoms with E-state index in [-0.39, 0.29) is 5.97 Å². The first-order chi connectivity index (χ1) is 7.04. The molecular formula is C11H23NO3. The number of ether oxygens (including phenoxy) is 2. The summed E-state index contributed by atoms with van der Waals surface area (Å²) in [5, 5.41) is 3.22. The second kappa shape index (κ2) is 7.65. The second-order valence-corrected chi connectivity index (χ2v) is 4.10. The van der Waals surface area contributed by atoms with Gasteiger partial charge in [0.05, 0.1) is 12.5 Å². The van der Waals surface area contributed by atoms with Gasteiger partial charge in [-0.05, 0) is 33.7 Å². The zero-order chi connectivity index (χ0) is 11.7. The average molecular weight is 217 g/mol. The summed E-state index contributed by atoms with van der Waals surface area (Å²) in [6.07, 6.45) is 0.963. The van der Waals surface area contributed by atoms with Gasteiger partial charge >= 0.3 is 5.97 Å². The molecule has 15 heavy (non-hydrogen) atoms. The topological polar surface area (TPSA) is 47.6 Å². The van der Waals surface area contributed by atoms with Crippen LogP contribution in [0.5, 0.6) is 0 Å². The Kier molecular flexibility index (Phi) is 7.34. The van der Waals surface area contributed by atoms with Crippen LogP contribution in [0.25, 0.3) is 0 Å². The molecule has 1 N–H and O–H groups in total. The van der Waals surface area contributed by atoms with Crippen molar-refractivity contribution in [1.82, 2.24) is 5.32 Å². The SMILES string of the molecule is CCOCCCNCC(C)(C)C(=O)OC. The van der Waals surface area contributed by atoms with Crippen molar-refractivity contribution in [2.24, 2.45) is 5.41 Å². The summed E-state index contributed by atoms with van der Waals surface area (Å²) < 4.78 is 9.91. The Morgan fingerprint density at radius 3 is 2.60 bits per heavy atom. The summed E-state index contributed by atoms with van der Waals surface area (Å²) in [6, 6.07) is 0. The lowest BCUT2D eigenvalue weighted by Crippen LogP contribution is -2.37. The first-order valence-electron chi connectivity index (χ1n) is 5.41. The van der Waals surface area contributed by atoms with E-state index in [2.05, 4.69) is 5.32 Å². The Morgan fingerprint density at radius 1 is 1.40 bits per heavy atom.